The second-order valence-corrected chi connectivity index (χ2v) is 5.51. The third-order valence-corrected chi connectivity index (χ3v) is 3.88. The van der Waals surface area contributed by atoms with Crippen LogP contribution >= 0.6 is 24.0 Å². The second kappa shape index (κ2) is 6.58. The Labute approximate surface area is 126 Å². The summed E-state index contributed by atoms with van der Waals surface area (Å²) in [4.78, 5) is 11.1. The zero-order chi connectivity index (χ0) is 14.5. The molecule has 0 unspecified atom stereocenters. The summed E-state index contributed by atoms with van der Waals surface area (Å²) >= 11 is 6.62. The first-order valence-corrected chi connectivity index (χ1v) is 7.41. The topological polar surface area (TPSA) is 76.5 Å². The lowest BCUT2D eigenvalue weighted by atomic mass is 10.1. The van der Waals surface area contributed by atoms with Gasteiger partial charge >= 0.3 is 5.97 Å². The van der Waals surface area contributed by atoms with Gasteiger partial charge in [-0.1, -0.05) is 36.5 Å². The highest BCUT2D eigenvalue weighted by atomic mass is 32.2. The number of rotatable bonds is 6. The lowest BCUT2D eigenvalue weighted by Gasteiger charge is -2.07. The predicted molar refractivity (Wildman–Crippen MR) is 83.0 cm³/mol. The highest BCUT2D eigenvalue weighted by molar-refractivity contribution is 7.97. The summed E-state index contributed by atoms with van der Waals surface area (Å²) in [6.07, 6.45) is 0. The van der Waals surface area contributed by atoms with Crippen LogP contribution in [0.3, 0.4) is 0 Å². The van der Waals surface area contributed by atoms with Crippen molar-refractivity contribution in [3.8, 4) is 0 Å². The van der Waals surface area contributed by atoms with Crippen molar-refractivity contribution in [2.24, 2.45) is 5.73 Å². The van der Waals surface area contributed by atoms with E-state index in [1.54, 1.807) is 17.8 Å². The average Bonchev–Trinajstić information content (AvgIpc) is 2.88. The van der Waals surface area contributed by atoms with E-state index in [0.717, 1.165) is 16.9 Å². The molecule has 3 N–H and O–H groups in total. The normalized spacial score (nSPS) is 10.4. The smallest absolute Gasteiger partial charge is 0.371 e. The van der Waals surface area contributed by atoms with Crippen molar-refractivity contribution in [2.45, 2.75) is 11.5 Å². The van der Waals surface area contributed by atoms with Crippen LogP contribution in [0.25, 0.3) is 0 Å². The van der Waals surface area contributed by atoms with Crippen LogP contribution in [0.5, 0.6) is 0 Å². The molecule has 104 valence electrons. The molecule has 0 atom stereocenters. The van der Waals surface area contributed by atoms with Crippen LogP contribution in [0, 0.1) is 0 Å². The number of thioether (sulfide) groups is 1. The van der Waals surface area contributed by atoms with Gasteiger partial charge in [0.2, 0.25) is 5.76 Å². The largest absolute Gasteiger partial charge is 0.475 e. The van der Waals surface area contributed by atoms with Gasteiger partial charge in [0.1, 0.15) is 10.7 Å². The number of carboxylic acids is 1. The standard InChI is InChI=1S/C14H13NO3S2/c15-13(19)11-4-2-1-3-9(11)7-20-8-10-5-6-12(18-10)14(16)17/h1-6H,7-8H2,(H2,15,19)(H,16,17). The Morgan fingerprint density at radius 1 is 1.25 bits per heavy atom. The van der Waals surface area contributed by atoms with Crippen molar-refractivity contribution in [3.05, 3.63) is 59.0 Å². The fraction of sp³-hybridized carbons (Fsp3) is 0.143. The van der Waals surface area contributed by atoms with Gasteiger partial charge in [0, 0.05) is 11.3 Å². The molecule has 20 heavy (non-hydrogen) atoms. The lowest BCUT2D eigenvalue weighted by molar-refractivity contribution is 0.0661. The molecule has 2 rings (SSSR count). The van der Waals surface area contributed by atoms with E-state index in [0.29, 0.717) is 16.5 Å². The number of hydrogen-bond donors (Lipinski definition) is 2. The first-order valence-electron chi connectivity index (χ1n) is 5.85. The van der Waals surface area contributed by atoms with Crippen molar-refractivity contribution < 1.29 is 14.3 Å². The average molecular weight is 307 g/mol. The molecule has 0 amide bonds. The van der Waals surface area contributed by atoms with Crippen LogP contribution in [-0.4, -0.2) is 16.1 Å². The van der Waals surface area contributed by atoms with E-state index in [2.05, 4.69) is 0 Å². The molecule has 0 aliphatic heterocycles. The molecule has 0 bridgehead atoms. The van der Waals surface area contributed by atoms with Crippen LogP contribution in [0.4, 0.5) is 0 Å². The van der Waals surface area contributed by atoms with Crippen LogP contribution in [-0.2, 0) is 11.5 Å². The molecule has 0 saturated heterocycles. The van der Waals surface area contributed by atoms with E-state index in [4.69, 9.17) is 27.5 Å². The Balaban J connectivity index is 1.96. The Morgan fingerprint density at radius 2 is 2.00 bits per heavy atom. The number of benzene rings is 1. The van der Waals surface area contributed by atoms with Gasteiger partial charge in [-0.05, 0) is 17.7 Å². The maximum absolute atomic E-state index is 10.7. The zero-order valence-corrected chi connectivity index (χ0v) is 12.2. The van der Waals surface area contributed by atoms with Crippen molar-refractivity contribution in [1.82, 2.24) is 0 Å². The van der Waals surface area contributed by atoms with Gasteiger partial charge in [-0.2, -0.15) is 0 Å². The van der Waals surface area contributed by atoms with Gasteiger partial charge in [0.25, 0.3) is 0 Å². The van der Waals surface area contributed by atoms with E-state index in [1.807, 2.05) is 24.3 Å². The molecule has 0 aliphatic rings. The maximum Gasteiger partial charge on any atom is 0.371 e. The minimum Gasteiger partial charge on any atom is -0.475 e. The molecule has 1 aromatic heterocycles. The number of carbonyl (C=O) groups is 1. The molecular formula is C14H13NO3S2. The number of thiocarbonyl (C=S) groups is 1. The van der Waals surface area contributed by atoms with Gasteiger partial charge < -0.3 is 15.3 Å². The van der Waals surface area contributed by atoms with Crippen molar-refractivity contribution in [2.75, 3.05) is 0 Å². The van der Waals surface area contributed by atoms with E-state index in [-0.39, 0.29) is 5.76 Å². The van der Waals surface area contributed by atoms with Gasteiger partial charge in [0.15, 0.2) is 0 Å². The van der Waals surface area contributed by atoms with Gasteiger partial charge in [-0.3, -0.25) is 0 Å². The number of carboxylic acid groups (broad SMARTS) is 1. The highest BCUT2D eigenvalue weighted by Gasteiger charge is 2.09. The SMILES string of the molecule is NC(=S)c1ccccc1CSCc1ccc(C(=O)O)o1. The molecular weight excluding hydrogens is 294 g/mol. The minimum atomic E-state index is -1.06. The summed E-state index contributed by atoms with van der Waals surface area (Å²) in [6, 6.07) is 10.8. The third-order valence-electron chi connectivity index (χ3n) is 2.66. The lowest BCUT2D eigenvalue weighted by Crippen LogP contribution is -2.11. The molecule has 2 aromatic rings. The predicted octanol–water partition coefficient (Wildman–Crippen LogP) is 3.05. The molecule has 0 saturated carbocycles. The summed E-state index contributed by atoms with van der Waals surface area (Å²) < 4.78 is 5.19. The number of nitrogens with two attached hydrogens (primary N) is 1. The van der Waals surface area contributed by atoms with Crippen LogP contribution in [0.2, 0.25) is 0 Å². The first kappa shape index (κ1) is 14.6. The first-order chi connectivity index (χ1) is 9.58. The number of hydrogen-bond acceptors (Lipinski definition) is 4. The number of aromatic carboxylic acids is 1. The van der Waals surface area contributed by atoms with Crippen LogP contribution in [0.1, 0.15) is 27.4 Å². The Kier molecular flexibility index (Phi) is 4.81. The van der Waals surface area contributed by atoms with Crippen LogP contribution < -0.4 is 5.73 Å². The van der Waals surface area contributed by atoms with Crippen molar-refractivity contribution in [3.63, 3.8) is 0 Å². The maximum atomic E-state index is 10.7. The zero-order valence-electron chi connectivity index (χ0n) is 10.5. The van der Waals surface area contributed by atoms with Crippen LogP contribution in [0.15, 0.2) is 40.8 Å². The van der Waals surface area contributed by atoms with E-state index < -0.39 is 5.97 Å². The summed E-state index contributed by atoms with van der Waals surface area (Å²) in [6.45, 7) is 0. The Bertz CT molecular complexity index is 637. The molecule has 1 aromatic carbocycles. The highest BCUT2D eigenvalue weighted by Crippen LogP contribution is 2.21. The summed E-state index contributed by atoms with van der Waals surface area (Å²) in [5.41, 5.74) is 7.61. The van der Waals surface area contributed by atoms with Crippen molar-refractivity contribution in [1.29, 1.82) is 0 Å². The third kappa shape index (κ3) is 3.61. The molecule has 0 radical (unpaired) electrons. The van der Waals surface area contributed by atoms with Gasteiger partial charge in [0.05, 0.1) is 5.75 Å². The number of furan rings is 1. The fourth-order valence-corrected chi connectivity index (χ4v) is 2.85. The van der Waals surface area contributed by atoms with E-state index >= 15 is 0 Å². The molecule has 1 heterocycles. The van der Waals surface area contributed by atoms with E-state index in [9.17, 15) is 4.79 Å². The molecule has 0 spiro atoms. The quantitative estimate of drug-likeness (QED) is 0.799. The van der Waals surface area contributed by atoms with Gasteiger partial charge in [-0.15, -0.1) is 11.8 Å². The summed E-state index contributed by atoms with van der Waals surface area (Å²) in [7, 11) is 0. The summed E-state index contributed by atoms with van der Waals surface area (Å²) in [5.74, 6) is 0.875. The molecule has 0 aliphatic carbocycles. The Morgan fingerprint density at radius 3 is 2.65 bits per heavy atom. The minimum absolute atomic E-state index is 0.0378. The molecule has 4 nitrogen and oxygen atoms in total. The Hall–Kier alpha value is -1.79. The molecule has 0 fully saturated rings. The fourth-order valence-electron chi connectivity index (χ4n) is 1.72. The summed E-state index contributed by atoms with van der Waals surface area (Å²) in [5, 5.41) is 8.77. The second-order valence-electron chi connectivity index (χ2n) is 4.09. The van der Waals surface area contributed by atoms with Crippen molar-refractivity contribution >= 4 is 34.9 Å². The van der Waals surface area contributed by atoms with Gasteiger partial charge in [-0.25, -0.2) is 4.79 Å². The molecule has 6 heteroatoms. The monoisotopic (exact) mass is 307 g/mol. The van der Waals surface area contributed by atoms with E-state index in [1.165, 1.54) is 6.07 Å².